The van der Waals surface area contributed by atoms with Crippen molar-refractivity contribution >= 4 is 22.5 Å². The zero-order valence-electron chi connectivity index (χ0n) is 16.8. The van der Waals surface area contributed by atoms with Crippen molar-refractivity contribution in [2.45, 2.75) is 0 Å². The molecule has 4 aromatic rings. The molecule has 0 aliphatic rings. The SMILES string of the molecule is COc1ccc(NC(=O)c2ccc3c(=O)n(-c4ccccc4F)cnc3c2)c(OC)c1. The van der Waals surface area contributed by atoms with Gasteiger partial charge in [-0.2, -0.15) is 0 Å². The maximum absolute atomic E-state index is 14.1. The number of benzene rings is 3. The van der Waals surface area contributed by atoms with Gasteiger partial charge in [0.2, 0.25) is 0 Å². The maximum atomic E-state index is 14.1. The lowest BCUT2D eigenvalue weighted by atomic mass is 10.1. The van der Waals surface area contributed by atoms with Crippen molar-refractivity contribution in [3.63, 3.8) is 0 Å². The number of fused-ring (bicyclic) bond motifs is 1. The largest absolute Gasteiger partial charge is 0.497 e. The Labute approximate surface area is 176 Å². The monoisotopic (exact) mass is 419 g/mol. The van der Waals surface area contributed by atoms with E-state index < -0.39 is 17.3 Å². The Morgan fingerprint density at radius 2 is 1.84 bits per heavy atom. The van der Waals surface area contributed by atoms with Gasteiger partial charge in [-0.25, -0.2) is 9.37 Å². The van der Waals surface area contributed by atoms with E-state index in [0.29, 0.717) is 28.3 Å². The third kappa shape index (κ3) is 3.83. The number of rotatable bonds is 5. The van der Waals surface area contributed by atoms with Crippen molar-refractivity contribution in [2.75, 3.05) is 19.5 Å². The highest BCUT2D eigenvalue weighted by Gasteiger charge is 2.14. The minimum atomic E-state index is -0.532. The summed E-state index contributed by atoms with van der Waals surface area (Å²) in [4.78, 5) is 29.8. The highest BCUT2D eigenvalue weighted by Crippen LogP contribution is 2.29. The lowest BCUT2D eigenvalue weighted by Crippen LogP contribution is -2.20. The second-order valence-electron chi connectivity index (χ2n) is 6.62. The van der Waals surface area contributed by atoms with Crippen LogP contribution in [0.15, 0.2) is 71.8 Å². The molecule has 0 aliphatic heterocycles. The molecule has 4 rings (SSSR count). The normalized spacial score (nSPS) is 10.7. The molecule has 0 bridgehead atoms. The van der Waals surface area contributed by atoms with Crippen molar-refractivity contribution < 1.29 is 18.7 Å². The van der Waals surface area contributed by atoms with E-state index in [0.717, 1.165) is 4.57 Å². The van der Waals surface area contributed by atoms with Crippen molar-refractivity contribution in [2.24, 2.45) is 0 Å². The molecular weight excluding hydrogens is 401 g/mol. The summed E-state index contributed by atoms with van der Waals surface area (Å²) in [6.07, 6.45) is 1.25. The summed E-state index contributed by atoms with van der Waals surface area (Å²) >= 11 is 0. The number of nitrogens with zero attached hydrogens (tertiary/aromatic N) is 2. The van der Waals surface area contributed by atoms with Gasteiger partial charge in [0, 0.05) is 11.6 Å². The van der Waals surface area contributed by atoms with E-state index in [2.05, 4.69) is 10.3 Å². The van der Waals surface area contributed by atoms with Crippen LogP contribution in [0.4, 0.5) is 10.1 Å². The Balaban J connectivity index is 1.67. The van der Waals surface area contributed by atoms with Gasteiger partial charge in [-0.15, -0.1) is 0 Å². The summed E-state index contributed by atoms with van der Waals surface area (Å²) in [5, 5.41) is 3.04. The van der Waals surface area contributed by atoms with Gasteiger partial charge in [0.05, 0.1) is 36.5 Å². The van der Waals surface area contributed by atoms with Crippen LogP contribution in [0, 0.1) is 5.82 Å². The molecule has 0 saturated heterocycles. The minimum Gasteiger partial charge on any atom is -0.497 e. The molecule has 8 heteroatoms. The first-order chi connectivity index (χ1) is 15.0. The molecule has 0 radical (unpaired) electrons. The van der Waals surface area contributed by atoms with E-state index in [1.54, 1.807) is 30.3 Å². The molecule has 0 fully saturated rings. The lowest BCUT2D eigenvalue weighted by molar-refractivity contribution is 0.102. The Hall–Kier alpha value is -4.20. The third-order valence-electron chi connectivity index (χ3n) is 4.79. The lowest BCUT2D eigenvalue weighted by Gasteiger charge is -2.12. The van der Waals surface area contributed by atoms with Gasteiger partial charge in [0.15, 0.2) is 0 Å². The summed E-state index contributed by atoms with van der Waals surface area (Å²) in [5.41, 5.74) is 0.776. The van der Waals surface area contributed by atoms with Crippen LogP contribution in [-0.4, -0.2) is 29.7 Å². The van der Waals surface area contributed by atoms with Crippen LogP contribution >= 0.6 is 0 Å². The van der Waals surface area contributed by atoms with E-state index in [1.807, 2.05) is 0 Å². The first-order valence-electron chi connectivity index (χ1n) is 9.31. The molecule has 3 aromatic carbocycles. The number of para-hydroxylation sites is 1. The smallest absolute Gasteiger partial charge is 0.265 e. The predicted molar refractivity (Wildman–Crippen MR) is 115 cm³/mol. The van der Waals surface area contributed by atoms with E-state index >= 15 is 0 Å². The fraction of sp³-hybridized carbons (Fsp3) is 0.0870. The van der Waals surface area contributed by atoms with E-state index in [-0.39, 0.29) is 11.1 Å². The van der Waals surface area contributed by atoms with Gasteiger partial charge in [-0.05, 0) is 42.5 Å². The molecule has 0 saturated carbocycles. The second kappa shape index (κ2) is 8.27. The second-order valence-corrected chi connectivity index (χ2v) is 6.62. The van der Waals surface area contributed by atoms with Gasteiger partial charge in [-0.1, -0.05) is 12.1 Å². The van der Waals surface area contributed by atoms with Crippen molar-refractivity contribution in [1.29, 1.82) is 0 Å². The van der Waals surface area contributed by atoms with Crippen LogP contribution in [0.1, 0.15) is 10.4 Å². The van der Waals surface area contributed by atoms with Crippen LogP contribution in [-0.2, 0) is 0 Å². The van der Waals surface area contributed by atoms with Crippen LogP contribution in [0.3, 0.4) is 0 Å². The van der Waals surface area contributed by atoms with Gasteiger partial charge >= 0.3 is 0 Å². The zero-order chi connectivity index (χ0) is 22.0. The van der Waals surface area contributed by atoms with Crippen molar-refractivity contribution in [3.05, 3.63) is 88.7 Å². The maximum Gasteiger partial charge on any atom is 0.265 e. The molecular formula is C23H18FN3O4. The summed E-state index contributed by atoms with van der Waals surface area (Å²) < 4.78 is 25.7. The Kier molecular flexibility index (Phi) is 5.36. The number of hydrogen-bond donors (Lipinski definition) is 1. The van der Waals surface area contributed by atoms with E-state index in [1.165, 1.54) is 50.9 Å². The molecule has 0 spiro atoms. The van der Waals surface area contributed by atoms with E-state index in [4.69, 9.17) is 9.47 Å². The standard InChI is InChI=1S/C23H18FN3O4/c1-30-15-8-10-18(21(12-15)31-2)26-22(28)14-7-9-16-19(11-14)25-13-27(23(16)29)20-6-4-3-5-17(20)24/h3-13H,1-2H3,(H,26,28). The van der Waals surface area contributed by atoms with Gasteiger partial charge < -0.3 is 14.8 Å². The number of methoxy groups -OCH3 is 2. The minimum absolute atomic E-state index is 0.107. The molecule has 1 aromatic heterocycles. The summed E-state index contributed by atoms with van der Waals surface area (Å²) in [6, 6.07) is 15.5. The summed E-state index contributed by atoms with van der Waals surface area (Å²) in [6.45, 7) is 0. The molecule has 31 heavy (non-hydrogen) atoms. The number of anilines is 1. The van der Waals surface area contributed by atoms with Crippen LogP contribution in [0.25, 0.3) is 16.6 Å². The fourth-order valence-corrected chi connectivity index (χ4v) is 3.18. The third-order valence-corrected chi connectivity index (χ3v) is 4.79. The molecule has 156 valence electrons. The number of halogens is 1. The topological polar surface area (TPSA) is 82.5 Å². The Morgan fingerprint density at radius 1 is 1.03 bits per heavy atom. The van der Waals surface area contributed by atoms with Crippen molar-refractivity contribution in [3.8, 4) is 17.2 Å². The predicted octanol–water partition coefficient (Wildman–Crippen LogP) is 3.79. The van der Waals surface area contributed by atoms with Gasteiger partial charge in [0.25, 0.3) is 11.5 Å². The number of hydrogen-bond acceptors (Lipinski definition) is 5. The number of aromatic nitrogens is 2. The molecule has 0 aliphatic carbocycles. The first-order valence-corrected chi connectivity index (χ1v) is 9.31. The Morgan fingerprint density at radius 3 is 2.58 bits per heavy atom. The number of carbonyl (C=O) groups is 1. The summed E-state index contributed by atoms with van der Waals surface area (Å²) in [5.74, 6) is 0.107. The quantitative estimate of drug-likeness (QED) is 0.532. The number of amides is 1. The van der Waals surface area contributed by atoms with Crippen LogP contribution in [0.2, 0.25) is 0 Å². The molecule has 0 atom stereocenters. The highest BCUT2D eigenvalue weighted by molar-refractivity contribution is 6.06. The molecule has 7 nitrogen and oxygen atoms in total. The van der Waals surface area contributed by atoms with Crippen molar-refractivity contribution in [1.82, 2.24) is 9.55 Å². The highest BCUT2D eigenvalue weighted by atomic mass is 19.1. The number of carbonyl (C=O) groups excluding carboxylic acids is 1. The Bertz CT molecular complexity index is 1350. The molecule has 1 amide bonds. The molecule has 1 heterocycles. The first kappa shape index (κ1) is 20.1. The van der Waals surface area contributed by atoms with Crippen LogP contribution in [0.5, 0.6) is 11.5 Å². The fourth-order valence-electron chi connectivity index (χ4n) is 3.18. The summed E-state index contributed by atoms with van der Waals surface area (Å²) in [7, 11) is 3.03. The number of nitrogens with one attached hydrogen (secondary N) is 1. The molecule has 0 unspecified atom stereocenters. The molecule has 1 N–H and O–H groups in total. The van der Waals surface area contributed by atoms with Gasteiger partial charge in [-0.3, -0.25) is 14.2 Å². The van der Waals surface area contributed by atoms with E-state index in [9.17, 15) is 14.0 Å². The van der Waals surface area contributed by atoms with Gasteiger partial charge in [0.1, 0.15) is 23.6 Å². The average Bonchev–Trinajstić information content (AvgIpc) is 2.80. The number of ether oxygens (including phenoxy) is 2. The zero-order valence-corrected chi connectivity index (χ0v) is 16.8. The average molecular weight is 419 g/mol. The van der Waals surface area contributed by atoms with Crippen LogP contribution < -0.4 is 20.3 Å².